The van der Waals surface area contributed by atoms with Gasteiger partial charge in [0.15, 0.2) is 0 Å². The molecular formula is C18H28N2O2. The molecule has 0 radical (unpaired) electrons. The monoisotopic (exact) mass is 304 g/mol. The van der Waals surface area contributed by atoms with Gasteiger partial charge in [0.2, 0.25) is 0 Å². The summed E-state index contributed by atoms with van der Waals surface area (Å²) >= 11 is 0. The highest BCUT2D eigenvalue weighted by molar-refractivity contribution is 5.67. The zero-order chi connectivity index (χ0) is 16.0. The molecule has 0 aliphatic heterocycles. The molecule has 4 nitrogen and oxygen atoms in total. The lowest BCUT2D eigenvalue weighted by atomic mass is 10.1. The summed E-state index contributed by atoms with van der Waals surface area (Å²) in [7, 11) is 0. The quantitative estimate of drug-likeness (QED) is 0.814. The molecule has 1 fully saturated rings. The van der Waals surface area contributed by atoms with Crippen molar-refractivity contribution in [2.45, 2.75) is 51.7 Å². The van der Waals surface area contributed by atoms with Crippen LogP contribution in [0.4, 0.5) is 4.79 Å². The van der Waals surface area contributed by atoms with Crippen LogP contribution in [0.2, 0.25) is 0 Å². The summed E-state index contributed by atoms with van der Waals surface area (Å²) < 4.78 is 5.28. The third kappa shape index (κ3) is 6.48. The Bertz CT molecular complexity index is 464. The van der Waals surface area contributed by atoms with E-state index in [1.165, 1.54) is 18.4 Å². The molecule has 1 aliphatic rings. The van der Waals surface area contributed by atoms with Gasteiger partial charge in [0.05, 0.1) is 0 Å². The van der Waals surface area contributed by atoms with Gasteiger partial charge in [-0.3, -0.25) is 0 Å². The molecule has 1 unspecified atom stereocenters. The van der Waals surface area contributed by atoms with Gasteiger partial charge >= 0.3 is 6.09 Å². The summed E-state index contributed by atoms with van der Waals surface area (Å²) in [4.78, 5) is 11.7. The fourth-order valence-electron chi connectivity index (χ4n) is 2.46. The van der Waals surface area contributed by atoms with Gasteiger partial charge < -0.3 is 15.4 Å². The molecule has 1 aliphatic carbocycles. The third-order valence-corrected chi connectivity index (χ3v) is 3.72. The minimum atomic E-state index is -0.445. The normalized spacial score (nSPS) is 16.1. The maximum atomic E-state index is 11.7. The topological polar surface area (TPSA) is 50.4 Å². The lowest BCUT2D eigenvalue weighted by Crippen LogP contribution is -2.44. The van der Waals surface area contributed by atoms with Crippen molar-refractivity contribution in [3.05, 3.63) is 35.9 Å². The van der Waals surface area contributed by atoms with E-state index in [0.717, 1.165) is 13.0 Å². The van der Waals surface area contributed by atoms with Gasteiger partial charge in [0.25, 0.3) is 0 Å². The third-order valence-electron chi connectivity index (χ3n) is 3.72. The Morgan fingerprint density at radius 2 is 1.95 bits per heavy atom. The van der Waals surface area contributed by atoms with Crippen molar-refractivity contribution in [2.24, 2.45) is 5.92 Å². The number of alkyl carbamates (subject to hydrolysis) is 1. The largest absolute Gasteiger partial charge is 0.444 e. The van der Waals surface area contributed by atoms with Crippen molar-refractivity contribution in [1.82, 2.24) is 10.6 Å². The molecule has 1 aromatic carbocycles. The van der Waals surface area contributed by atoms with E-state index in [1.807, 2.05) is 26.8 Å². The number of hydrogen-bond donors (Lipinski definition) is 2. The van der Waals surface area contributed by atoms with Crippen LogP contribution >= 0.6 is 0 Å². The van der Waals surface area contributed by atoms with Gasteiger partial charge in [-0.25, -0.2) is 4.79 Å². The highest BCUT2D eigenvalue weighted by atomic mass is 16.6. The molecular weight excluding hydrogens is 276 g/mol. The number of hydrogen-bond acceptors (Lipinski definition) is 3. The fourth-order valence-corrected chi connectivity index (χ4v) is 2.46. The maximum absolute atomic E-state index is 11.7. The molecule has 0 spiro atoms. The van der Waals surface area contributed by atoms with Crippen LogP contribution in [0.5, 0.6) is 0 Å². The highest BCUT2D eigenvalue weighted by Crippen LogP contribution is 2.32. The van der Waals surface area contributed by atoms with E-state index in [9.17, 15) is 4.79 Å². The Kier molecular flexibility index (Phi) is 5.83. The van der Waals surface area contributed by atoms with Crippen LogP contribution in [-0.4, -0.2) is 30.8 Å². The Morgan fingerprint density at radius 1 is 1.27 bits per heavy atom. The fraction of sp³-hybridized carbons (Fsp3) is 0.611. The first-order chi connectivity index (χ1) is 10.4. The molecule has 22 heavy (non-hydrogen) atoms. The highest BCUT2D eigenvalue weighted by Gasteiger charge is 2.31. The average Bonchev–Trinajstić information content (AvgIpc) is 3.26. The molecule has 1 amide bonds. The molecule has 4 heteroatoms. The van der Waals surface area contributed by atoms with E-state index in [0.29, 0.717) is 18.5 Å². The molecule has 0 bridgehead atoms. The summed E-state index contributed by atoms with van der Waals surface area (Å²) in [5.41, 5.74) is 0.893. The van der Waals surface area contributed by atoms with Crippen LogP contribution in [0.25, 0.3) is 0 Å². The van der Waals surface area contributed by atoms with Gasteiger partial charge in [-0.15, -0.1) is 0 Å². The molecule has 0 heterocycles. The Labute approximate surface area is 133 Å². The smallest absolute Gasteiger partial charge is 0.407 e. The molecule has 0 aromatic heterocycles. The average molecular weight is 304 g/mol. The van der Waals surface area contributed by atoms with Crippen LogP contribution in [0, 0.1) is 5.92 Å². The van der Waals surface area contributed by atoms with E-state index in [2.05, 4.69) is 34.9 Å². The van der Waals surface area contributed by atoms with Gasteiger partial charge in [0.1, 0.15) is 5.60 Å². The summed E-state index contributed by atoms with van der Waals surface area (Å²) in [5.74, 6) is 0.686. The van der Waals surface area contributed by atoms with Gasteiger partial charge in [-0.2, -0.15) is 0 Å². The van der Waals surface area contributed by atoms with E-state index in [4.69, 9.17) is 4.74 Å². The number of rotatable bonds is 7. The Hall–Kier alpha value is -1.55. The number of amides is 1. The van der Waals surface area contributed by atoms with Crippen molar-refractivity contribution >= 4 is 6.09 Å². The standard InChI is InChI=1S/C18H28N2O2/c1-18(2,3)22-17(21)20-13-16(15-9-10-15)19-12-11-14-7-5-4-6-8-14/h4-8,15-16,19H,9-13H2,1-3H3,(H,20,21). The molecule has 2 rings (SSSR count). The molecule has 0 saturated heterocycles. The van der Waals surface area contributed by atoms with Crippen molar-refractivity contribution in [3.63, 3.8) is 0 Å². The minimum absolute atomic E-state index is 0.331. The second-order valence-electron chi connectivity index (χ2n) is 7.02. The summed E-state index contributed by atoms with van der Waals surface area (Å²) in [6.07, 6.45) is 3.18. The second kappa shape index (κ2) is 7.63. The van der Waals surface area contributed by atoms with E-state index in [1.54, 1.807) is 0 Å². The minimum Gasteiger partial charge on any atom is -0.444 e. The van der Waals surface area contributed by atoms with Gasteiger partial charge in [-0.05, 0) is 58.1 Å². The predicted octanol–water partition coefficient (Wildman–Crippen LogP) is 3.12. The second-order valence-corrected chi connectivity index (χ2v) is 7.02. The number of carbonyl (C=O) groups is 1. The van der Waals surface area contributed by atoms with Gasteiger partial charge in [0, 0.05) is 12.6 Å². The van der Waals surface area contributed by atoms with Crippen molar-refractivity contribution in [3.8, 4) is 0 Å². The number of carbonyl (C=O) groups excluding carboxylic acids is 1. The zero-order valence-corrected chi connectivity index (χ0v) is 13.9. The summed E-state index contributed by atoms with van der Waals surface area (Å²) in [6.45, 7) is 7.20. The van der Waals surface area contributed by atoms with Crippen molar-refractivity contribution < 1.29 is 9.53 Å². The molecule has 1 atom stereocenters. The van der Waals surface area contributed by atoms with Crippen LogP contribution in [0.15, 0.2) is 30.3 Å². The van der Waals surface area contributed by atoms with E-state index in [-0.39, 0.29) is 6.09 Å². The Balaban J connectivity index is 1.70. The summed E-state index contributed by atoms with van der Waals surface area (Å²) in [6, 6.07) is 10.8. The maximum Gasteiger partial charge on any atom is 0.407 e. The first-order valence-electron chi connectivity index (χ1n) is 8.18. The first kappa shape index (κ1) is 16.8. The van der Waals surface area contributed by atoms with Crippen LogP contribution in [0.3, 0.4) is 0 Å². The van der Waals surface area contributed by atoms with Crippen molar-refractivity contribution in [2.75, 3.05) is 13.1 Å². The SMILES string of the molecule is CC(C)(C)OC(=O)NCC(NCCc1ccccc1)C1CC1. The lowest BCUT2D eigenvalue weighted by molar-refractivity contribution is 0.0521. The zero-order valence-electron chi connectivity index (χ0n) is 13.9. The number of benzene rings is 1. The molecule has 122 valence electrons. The lowest BCUT2D eigenvalue weighted by Gasteiger charge is -2.22. The number of ether oxygens (including phenoxy) is 1. The molecule has 1 aromatic rings. The van der Waals surface area contributed by atoms with Crippen LogP contribution in [0.1, 0.15) is 39.2 Å². The molecule has 1 saturated carbocycles. The summed E-state index contributed by atoms with van der Waals surface area (Å²) in [5, 5.41) is 6.46. The van der Waals surface area contributed by atoms with Crippen LogP contribution in [-0.2, 0) is 11.2 Å². The first-order valence-corrected chi connectivity index (χ1v) is 8.18. The Morgan fingerprint density at radius 3 is 2.55 bits per heavy atom. The molecule has 2 N–H and O–H groups in total. The number of nitrogens with one attached hydrogen (secondary N) is 2. The van der Waals surface area contributed by atoms with E-state index < -0.39 is 5.60 Å². The predicted molar refractivity (Wildman–Crippen MR) is 88.9 cm³/mol. The van der Waals surface area contributed by atoms with Crippen LogP contribution < -0.4 is 10.6 Å². The van der Waals surface area contributed by atoms with Gasteiger partial charge in [-0.1, -0.05) is 30.3 Å². The van der Waals surface area contributed by atoms with E-state index >= 15 is 0 Å². The van der Waals surface area contributed by atoms with Crippen molar-refractivity contribution in [1.29, 1.82) is 0 Å².